The van der Waals surface area contributed by atoms with Gasteiger partial charge in [0, 0.05) is 18.7 Å². The maximum Gasteiger partial charge on any atom is 0.132 e. The molecule has 21 heavy (non-hydrogen) atoms. The summed E-state index contributed by atoms with van der Waals surface area (Å²) in [6, 6.07) is 6.30. The van der Waals surface area contributed by atoms with Crippen molar-refractivity contribution in [1.29, 1.82) is 0 Å². The number of aromatic nitrogens is 2. The minimum Gasteiger partial charge on any atom is -0.395 e. The monoisotopic (exact) mass is 311 g/mol. The van der Waals surface area contributed by atoms with Gasteiger partial charge >= 0.3 is 0 Å². The molecule has 6 heteroatoms. The summed E-state index contributed by atoms with van der Waals surface area (Å²) in [7, 11) is 1.92. The molecule has 4 nitrogen and oxygen atoms in total. The number of rotatable bonds is 6. The molecular weight excluding hydrogens is 293 g/mol. The summed E-state index contributed by atoms with van der Waals surface area (Å²) in [6.07, 6.45) is 0. The average molecular weight is 312 g/mol. The third-order valence-corrected chi connectivity index (χ3v) is 3.76. The highest BCUT2D eigenvalue weighted by Crippen LogP contribution is 2.22. The van der Waals surface area contributed by atoms with E-state index in [1.807, 2.05) is 18.9 Å². The van der Waals surface area contributed by atoms with Crippen LogP contribution in [0, 0.1) is 12.7 Å². The van der Waals surface area contributed by atoms with Gasteiger partial charge in [-0.25, -0.2) is 9.07 Å². The maximum absolute atomic E-state index is 12.9. The minimum absolute atomic E-state index is 0.108. The van der Waals surface area contributed by atoms with E-state index in [0.29, 0.717) is 24.8 Å². The molecule has 114 valence electrons. The predicted molar refractivity (Wildman–Crippen MR) is 80.9 cm³/mol. The Hall–Kier alpha value is -1.43. The molecule has 0 bridgehead atoms. The van der Waals surface area contributed by atoms with Crippen molar-refractivity contribution in [2.45, 2.75) is 20.0 Å². The molecule has 0 saturated heterocycles. The van der Waals surface area contributed by atoms with E-state index in [0.717, 1.165) is 16.8 Å². The maximum atomic E-state index is 12.9. The summed E-state index contributed by atoms with van der Waals surface area (Å²) in [5, 5.41) is 14.0. The Bertz CT molecular complexity index is 598. The van der Waals surface area contributed by atoms with Gasteiger partial charge in [-0.05, 0) is 31.7 Å². The Morgan fingerprint density at radius 2 is 2.00 bits per heavy atom. The standard InChI is InChI=1S/C15H19ClFN3O/c1-11-14(10-19(2)7-8-21)15(16)20(18-11)9-12-3-5-13(17)6-4-12/h3-6,21H,7-10H2,1-2H3. The lowest BCUT2D eigenvalue weighted by Crippen LogP contribution is -2.21. The second-order valence-corrected chi connectivity index (χ2v) is 5.46. The fourth-order valence-corrected chi connectivity index (χ4v) is 2.45. The van der Waals surface area contributed by atoms with Gasteiger partial charge in [-0.1, -0.05) is 23.7 Å². The van der Waals surface area contributed by atoms with Crippen LogP contribution in [-0.2, 0) is 13.1 Å². The largest absolute Gasteiger partial charge is 0.395 e. The molecular formula is C15H19ClFN3O. The van der Waals surface area contributed by atoms with Crippen LogP contribution in [0.15, 0.2) is 24.3 Å². The number of nitrogens with zero attached hydrogens (tertiary/aromatic N) is 3. The lowest BCUT2D eigenvalue weighted by molar-refractivity contribution is 0.217. The minimum atomic E-state index is -0.257. The molecule has 2 aromatic rings. The Kier molecular flexibility index (Phi) is 5.33. The van der Waals surface area contributed by atoms with Gasteiger partial charge in [0.15, 0.2) is 0 Å². The van der Waals surface area contributed by atoms with Crippen molar-refractivity contribution < 1.29 is 9.50 Å². The van der Waals surface area contributed by atoms with Crippen LogP contribution < -0.4 is 0 Å². The van der Waals surface area contributed by atoms with Gasteiger partial charge in [-0.15, -0.1) is 0 Å². The fourth-order valence-electron chi connectivity index (χ4n) is 2.16. The lowest BCUT2D eigenvalue weighted by atomic mass is 10.2. The first-order valence-corrected chi connectivity index (χ1v) is 7.14. The zero-order chi connectivity index (χ0) is 15.4. The quantitative estimate of drug-likeness (QED) is 0.891. The molecule has 1 aromatic heterocycles. The van der Waals surface area contributed by atoms with Crippen molar-refractivity contribution in [1.82, 2.24) is 14.7 Å². The van der Waals surface area contributed by atoms with Crippen molar-refractivity contribution in [3.63, 3.8) is 0 Å². The van der Waals surface area contributed by atoms with Gasteiger partial charge in [0.2, 0.25) is 0 Å². The summed E-state index contributed by atoms with van der Waals surface area (Å²) in [5.41, 5.74) is 2.76. The third-order valence-electron chi connectivity index (χ3n) is 3.34. The first-order valence-electron chi connectivity index (χ1n) is 6.77. The SMILES string of the molecule is Cc1nn(Cc2ccc(F)cc2)c(Cl)c1CN(C)CCO. The van der Waals surface area contributed by atoms with Crippen LogP contribution in [0.5, 0.6) is 0 Å². The summed E-state index contributed by atoms with van der Waals surface area (Å²) in [5.74, 6) is -0.257. The van der Waals surface area contributed by atoms with Crippen LogP contribution in [-0.4, -0.2) is 40.0 Å². The van der Waals surface area contributed by atoms with E-state index in [4.69, 9.17) is 16.7 Å². The second kappa shape index (κ2) is 7.02. The molecule has 1 heterocycles. The van der Waals surface area contributed by atoms with E-state index in [1.54, 1.807) is 16.8 Å². The topological polar surface area (TPSA) is 41.3 Å². The van der Waals surface area contributed by atoms with Crippen LogP contribution in [0.3, 0.4) is 0 Å². The number of aliphatic hydroxyl groups is 1. The Labute approximate surface area is 128 Å². The number of hydrogen-bond acceptors (Lipinski definition) is 3. The summed E-state index contributed by atoms with van der Waals surface area (Å²) >= 11 is 6.39. The molecule has 1 aromatic carbocycles. The molecule has 0 aliphatic rings. The lowest BCUT2D eigenvalue weighted by Gasteiger charge is -2.14. The highest BCUT2D eigenvalue weighted by molar-refractivity contribution is 6.30. The van der Waals surface area contributed by atoms with Crippen LogP contribution in [0.1, 0.15) is 16.8 Å². The van der Waals surface area contributed by atoms with Crippen molar-refractivity contribution in [2.24, 2.45) is 0 Å². The van der Waals surface area contributed by atoms with Crippen molar-refractivity contribution in [2.75, 3.05) is 20.2 Å². The van der Waals surface area contributed by atoms with Gasteiger partial charge in [-0.2, -0.15) is 5.10 Å². The third kappa shape index (κ3) is 4.03. The van der Waals surface area contributed by atoms with E-state index >= 15 is 0 Å². The fraction of sp³-hybridized carbons (Fsp3) is 0.400. The summed E-state index contributed by atoms with van der Waals surface area (Å²) in [6.45, 7) is 3.74. The molecule has 2 rings (SSSR count). The molecule has 0 aliphatic carbocycles. The first kappa shape index (κ1) is 15.9. The second-order valence-electron chi connectivity index (χ2n) is 5.10. The van der Waals surface area contributed by atoms with Crippen LogP contribution >= 0.6 is 11.6 Å². The van der Waals surface area contributed by atoms with Gasteiger partial charge < -0.3 is 5.11 Å². The van der Waals surface area contributed by atoms with Crippen molar-refractivity contribution in [3.05, 3.63) is 52.1 Å². The molecule has 0 spiro atoms. The van der Waals surface area contributed by atoms with E-state index in [2.05, 4.69) is 5.10 Å². The van der Waals surface area contributed by atoms with Gasteiger partial charge in [0.1, 0.15) is 11.0 Å². The van der Waals surface area contributed by atoms with Gasteiger partial charge in [-0.3, -0.25) is 4.90 Å². The average Bonchev–Trinajstić information content (AvgIpc) is 2.69. The number of halogens is 2. The number of benzene rings is 1. The zero-order valence-corrected chi connectivity index (χ0v) is 12.9. The van der Waals surface area contributed by atoms with Crippen LogP contribution in [0.4, 0.5) is 4.39 Å². The number of aryl methyl sites for hydroxylation is 1. The van der Waals surface area contributed by atoms with Gasteiger partial charge in [0.25, 0.3) is 0 Å². The van der Waals surface area contributed by atoms with E-state index in [1.165, 1.54) is 12.1 Å². The molecule has 1 N–H and O–H groups in total. The Morgan fingerprint density at radius 1 is 1.33 bits per heavy atom. The highest BCUT2D eigenvalue weighted by atomic mass is 35.5. The van der Waals surface area contributed by atoms with E-state index in [-0.39, 0.29) is 12.4 Å². The molecule has 0 aliphatic heterocycles. The van der Waals surface area contributed by atoms with Crippen LogP contribution in [0.2, 0.25) is 5.15 Å². The number of hydrogen-bond donors (Lipinski definition) is 1. The number of likely N-dealkylation sites (N-methyl/N-ethyl adjacent to an activating group) is 1. The summed E-state index contributed by atoms with van der Waals surface area (Å²) in [4.78, 5) is 1.98. The van der Waals surface area contributed by atoms with E-state index < -0.39 is 0 Å². The molecule has 0 unspecified atom stereocenters. The molecule has 0 radical (unpaired) electrons. The number of aliphatic hydroxyl groups excluding tert-OH is 1. The van der Waals surface area contributed by atoms with Crippen LogP contribution in [0.25, 0.3) is 0 Å². The van der Waals surface area contributed by atoms with E-state index in [9.17, 15) is 4.39 Å². The van der Waals surface area contributed by atoms with Crippen molar-refractivity contribution in [3.8, 4) is 0 Å². The molecule has 0 amide bonds. The Balaban J connectivity index is 2.16. The summed E-state index contributed by atoms with van der Waals surface area (Å²) < 4.78 is 14.6. The van der Waals surface area contributed by atoms with Crippen molar-refractivity contribution >= 4 is 11.6 Å². The smallest absolute Gasteiger partial charge is 0.132 e. The Morgan fingerprint density at radius 3 is 2.62 bits per heavy atom. The van der Waals surface area contributed by atoms with Gasteiger partial charge in [0.05, 0.1) is 18.8 Å². The zero-order valence-electron chi connectivity index (χ0n) is 12.2. The first-order chi connectivity index (χ1) is 10.0. The predicted octanol–water partition coefficient (Wildman–Crippen LogP) is 2.46. The molecule has 0 fully saturated rings. The molecule has 0 saturated carbocycles. The molecule has 0 atom stereocenters. The highest BCUT2D eigenvalue weighted by Gasteiger charge is 2.15. The normalized spacial score (nSPS) is 11.3.